The van der Waals surface area contributed by atoms with Crippen LogP contribution < -0.4 is 4.74 Å². The van der Waals surface area contributed by atoms with Crippen LogP contribution in [0.2, 0.25) is 0 Å². The first-order chi connectivity index (χ1) is 8.95. The van der Waals surface area contributed by atoms with E-state index < -0.39 is 5.41 Å². The lowest BCUT2D eigenvalue weighted by molar-refractivity contribution is -0.142. The summed E-state index contributed by atoms with van der Waals surface area (Å²) in [5.41, 5.74) is 1.57. The van der Waals surface area contributed by atoms with E-state index in [0.29, 0.717) is 11.7 Å². The summed E-state index contributed by atoms with van der Waals surface area (Å²) in [6.07, 6.45) is 2.47. The first-order valence-corrected chi connectivity index (χ1v) is 6.65. The van der Waals surface area contributed by atoms with Gasteiger partial charge in [0.15, 0.2) is 0 Å². The predicted octanol–water partition coefficient (Wildman–Crippen LogP) is 3.39. The maximum absolute atomic E-state index is 11.8. The maximum atomic E-state index is 11.8. The first-order valence-electron chi connectivity index (χ1n) is 6.65. The average Bonchev–Trinajstić information content (AvgIpc) is 3.08. The number of benzene rings is 1. The summed E-state index contributed by atoms with van der Waals surface area (Å²) >= 11 is 0. The highest BCUT2D eigenvalue weighted by molar-refractivity contribution is 5.85. The van der Waals surface area contributed by atoms with Crippen LogP contribution in [-0.2, 0) is 4.79 Å². The number of H-pyrrole nitrogens is 1. The molecule has 0 amide bonds. The Kier molecular flexibility index (Phi) is 2.62. The monoisotopic (exact) mass is 258 g/mol. The lowest BCUT2D eigenvalue weighted by atomic mass is 9.97. The Hall–Kier alpha value is -1.84. The second-order valence-corrected chi connectivity index (χ2v) is 6.23. The number of aromatic nitrogens is 2. The van der Waals surface area contributed by atoms with E-state index in [-0.39, 0.29) is 5.97 Å². The quantitative estimate of drug-likeness (QED) is 0.663. The van der Waals surface area contributed by atoms with E-state index in [9.17, 15) is 4.79 Å². The number of carbonyl (C=O) groups is 1. The molecule has 1 aliphatic rings. The molecule has 1 aromatic heterocycles. The molecule has 0 spiro atoms. The van der Waals surface area contributed by atoms with Crippen LogP contribution in [0.4, 0.5) is 0 Å². The maximum Gasteiger partial charge on any atom is 0.316 e. The SMILES string of the molecule is CC(C)(C)C(=O)Oc1ccc2c(C3CC3)[nH]nc2c1. The number of hydrogen-bond acceptors (Lipinski definition) is 3. The van der Waals surface area contributed by atoms with E-state index in [1.54, 1.807) is 0 Å². The number of nitrogens with one attached hydrogen (secondary N) is 1. The molecule has 1 N–H and O–H groups in total. The number of esters is 1. The number of hydrogen-bond donors (Lipinski definition) is 1. The highest BCUT2D eigenvalue weighted by atomic mass is 16.5. The molecule has 1 saturated carbocycles. The molecular weight excluding hydrogens is 240 g/mol. The number of fused-ring (bicyclic) bond motifs is 1. The highest BCUT2D eigenvalue weighted by Crippen LogP contribution is 2.42. The third-order valence-electron chi connectivity index (χ3n) is 3.36. The van der Waals surface area contributed by atoms with E-state index in [4.69, 9.17) is 4.74 Å². The molecule has 3 rings (SSSR count). The second-order valence-electron chi connectivity index (χ2n) is 6.23. The fraction of sp³-hybridized carbons (Fsp3) is 0.467. The van der Waals surface area contributed by atoms with Crippen molar-refractivity contribution in [2.75, 3.05) is 0 Å². The van der Waals surface area contributed by atoms with Gasteiger partial charge in [-0.3, -0.25) is 9.89 Å². The Morgan fingerprint density at radius 2 is 2.11 bits per heavy atom. The van der Waals surface area contributed by atoms with Crippen molar-refractivity contribution in [3.05, 3.63) is 23.9 Å². The molecular formula is C15H18N2O2. The molecule has 0 unspecified atom stereocenters. The van der Waals surface area contributed by atoms with Crippen molar-refractivity contribution >= 4 is 16.9 Å². The van der Waals surface area contributed by atoms with E-state index in [1.165, 1.54) is 18.5 Å². The van der Waals surface area contributed by atoms with Crippen LogP contribution >= 0.6 is 0 Å². The Labute approximate surface area is 112 Å². The summed E-state index contributed by atoms with van der Waals surface area (Å²) < 4.78 is 5.38. The normalized spacial score (nSPS) is 15.7. The van der Waals surface area contributed by atoms with E-state index in [0.717, 1.165) is 10.9 Å². The Bertz CT molecular complexity index is 633. The van der Waals surface area contributed by atoms with Crippen LogP contribution in [0.1, 0.15) is 45.2 Å². The standard InChI is InChI=1S/C15H18N2O2/c1-15(2,3)14(18)19-10-6-7-11-12(8-10)16-17-13(11)9-4-5-9/h6-9H,4-5H2,1-3H3,(H,16,17). The summed E-state index contributed by atoms with van der Waals surface area (Å²) in [4.78, 5) is 11.8. The third-order valence-corrected chi connectivity index (χ3v) is 3.36. The van der Waals surface area contributed by atoms with Gasteiger partial charge in [-0.1, -0.05) is 0 Å². The van der Waals surface area contributed by atoms with Crippen molar-refractivity contribution in [3.8, 4) is 5.75 Å². The summed E-state index contributed by atoms with van der Waals surface area (Å²) in [5.74, 6) is 0.957. The van der Waals surface area contributed by atoms with Gasteiger partial charge in [0.05, 0.1) is 10.9 Å². The Morgan fingerprint density at radius 3 is 2.74 bits per heavy atom. The average molecular weight is 258 g/mol. The van der Waals surface area contributed by atoms with Gasteiger partial charge in [-0.25, -0.2) is 0 Å². The zero-order valence-electron chi connectivity index (χ0n) is 11.5. The summed E-state index contributed by atoms with van der Waals surface area (Å²) in [5, 5.41) is 8.53. The molecule has 4 nitrogen and oxygen atoms in total. The van der Waals surface area contributed by atoms with Gasteiger partial charge in [0.1, 0.15) is 5.75 Å². The zero-order chi connectivity index (χ0) is 13.6. The van der Waals surface area contributed by atoms with Crippen molar-refractivity contribution in [2.24, 2.45) is 5.41 Å². The van der Waals surface area contributed by atoms with Crippen LogP contribution in [0.5, 0.6) is 5.75 Å². The van der Waals surface area contributed by atoms with Crippen LogP contribution in [0.25, 0.3) is 10.9 Å². The lowest BCUT2D eigenvalue weighted by Gasteiger charge is -2.16. The number of ether oxygens (including phenoxy) is 1. The molecule has 0 radical (unpaired) electrons. The molecule has 0 atom stereocenters. The van der Waals surface area contributed by atoms with E-state index >= 15 is 0 Å². The number of rotatable bonds is 2. The minimum Gasteiger partial charge on any atom is -0.426 e. The van der Waals surface area contributed by atoms with Crippen molar-refractivity contribution in [1.29, 1.82) is 0 Å². The van der Waals surface area contributed by atoms with Gasteiger partial charge in [-0.15, -0.1) is 0 Å². The first kappa shape index (κ1) is 12.2. The minimum atomic E-state index is -0.500. The summed E-state index contributed by atoms with van der Waals surface area (Å²) in [7, 11) is 0. The molecule has 1 heterocycles. The highest BCUT2D eigenvalue weighted by Gasteiger charge is 2.28. The lowest BCUT2D eigenvalue weighted by Crippen LogP contribution is -2.25. The number of nitrogens with zero attached hydrogens (tertiary/aromatic N) is 1. The minimum absolute atomic E-state index is 0.232. The molecule has 2 aromatic rings. The Balaban J connectivity index is 1.88. The third kappa shape index (κ3) is 2.35. The van der Waals surface area contributed by atoms with Crippen molar-refractivity contribution in [1.82, 2.24) is 10.2 Å². The number of aromatic amines is 1. The molecule has 4 heteroatoms. The van der Waals surface area contributed by atoms with Crippen molar-refractivity contribution in [3.63, 3.8) is 0 Å². The molecule has 0 saturated heterocycles. The van der Waals surface area contributed by atoms with Gasteiger partial charge in [0, 0.05) is 23.1 Å². The smallest absolute Gasteiger partial charge is 0.316 e. The molecule has 0 bridgehead atoms. The molecule has 0 aliphatic heterocycles. The van der Waals surface area contributed by atoms with Gasteiger partial charge in [0.25, 0.3) is 0 Å². The van der Waals surface area contributed by atoms with Gasteiger partial charge in [-0.2, -0.15) is 5.10 Å². The van der Waals surface area contributed by atoms with Gasteiger partial charge >= 0.3 is 5.97 Å². The Morgan fingerprint density at radius 1 is 1.37 bits per heavy atom. The topological polar surface area (TPSA) is 55.0 Å². The predicted molar refractivity (Wildman–Crippen MR) is 73.2 cm³/mol. The van der Waals surface area contributed by atoms with Crippen molar-refractivity contribution in [2.45, 2.75) is 39.5 Å². The van der Waals surface area contributed by atoms with Gasteiger partial charge in [-0.05, 0) is 45.7 Å². The van der Waals surface area contributed by atoms with Crippen molar-refractivity contribution < 1.29 is 9.53 Å². The molecule has 100 valence electrons. The van der Waals surface area contributed by atoms with Crippen LogP contribution in [-0.4, -0.2) is 16.2 Å². The van der Waals surface area contributed by atoms with Crippen LogP contribution in [0, 0.1) is 5.41 Å². The van der Waals surface area contributed by atoms with E-state index in [1.807, 2.05) is 39.0 Å². The largest absolute Gasteiger partial charge is 0.426 e. The molecule has 1 fully saturated rings. The van der Waals surface area contributed by atoms with Gasteiger partial charge in [0.2, 0.25) is 0 Å². The fourth-order valence-corrected chi connectivity index (χ4v) is 2.02. The molecule has 1 aromatic carbocycles. The van der Waals surface area contributed by atoms with Gasteiger partial charge < -0.3 is 4.74 Å². The number of carbonyl (C=O) groups excluding carboxylic acids is 1. The zero-order valence-corrected chi connectivity index (χ0v) is 11.5. The van der Waals surface area contributed by atoms with Crippen LogP contribution in [0.15, 0.2) is 18.2 Å². The van der Waals surface area contributed by atoms with Crippen LogP contribution in [0.3, 0.4) is 0 Å². The fourth-order valence-electron chi connectivity index (χ4n) is 2.02. The molecule has 1 aliphatic carbocycles. The second kappa shape index (κ2) is 4.08. The van der Waals surface area contributed by atoms with E-state index in [2.05, 4.69) is 10.2 Å². The summed E-state index contributed by atoms with van der Waals surface area (Å²) in [6, 6.07) is 5.65. The summed E-state index contributed by atoms with van der Waals surface area (Å²) in [6.45, 7) is 5.52. The molecule has 19 heavy (non-hydrogen) atoms.